The molecule has 0 aliphatic heterocycles. The predicted octanol–water partition coefficient (Wildman–Crippen LogP) is 4.12. The Hall–Kier alpha value is -2.13. The largest absolute Gasteiger partial charge is 0.459 e. The van der Waals surface area contributed by atoms with Crippen LogP contribution in [0.2, 0.25) is 0 Å². The molecule has 3 rings (SSSR count). The standard InChI is InChI=1S/C17H16FNO/c1-11-6-7-16-13(8-11)10-17(20-16)15(19)9-12-4-2-3-5-14(12)18/h2-8,10,15H,9,19H2,1H3. The van der Waals surface area contributed by atoms with Crippen molar-refractivity contribution in [1.29, 1.82) is 0 Å². The Morgan fingerprint density at radius 3 is 2.75 bits per heavy atom. The zero-order valence-electron chi connectivity index (χ0n) is 11.3. The van der Waals surface area contributed by atoms with Crippen LogP contribution in [0.4, 0.5) is 4.39 Å². The molecule has 1 aromatic heterocycles. The van der Waals surface area contributed by atoms with Crippen LogP contribution in [0.25, 0.3) is 11.0 Å². The van der Waals surface area contributed by atoms with Gasteiger partial charge in [0.2, 0.25) is 0 Å². The van der Waals surface area contributed by atoms with Crippen molar-refractivity contribution in [2.45, 2.75) is 19.4 Å². The Labute approximate surface area is 117 Å². The number of rotatable bonds is 3. The summed E-state index contributed by atoms with van der Waals surface area (Å²) in [6, 6.07) is 14.3. The summed E-state index contributed by atoms with van der Waals surface area (Å²) in [6.07, 6.45) is 0.422. The molecule has 0 amide bonds. The third-order valence-corrected chi connectivity index (χ3v) is 3.45. The van der Waals surface area contributed by atoms with Gasteiger partial charge in [-0.15, -0.1) is 0 Å². The lowest BCUT2D eigenvalue weighted by molar-refractivity contribution is 0.487. The van der Waals surface area contributed by atoms with Gasteiger partial charge in [-0.3, -0.25) is 0 Å². The molecule has 102 valence electrons. The Balaban J connectivity index is 1.89. The summed E-state index contributed by atoms with van der Waals surface area (Å²) in [6.45, 7) is 2.03. The fourth-order valence-electron chi connectivity index (χ4n) is 2.37. The zero-order chi connectivity index (χ0) is 14.1. The van der Waals surface area contributed by atoms with Crippen molar-refractivity contribution in [3.8, 4) is 0 Å². The van der Waals surface area contributed by atoms with Gasteiger partial charge in [0.15, 0.2) is 0 Å². The van der Waals surface area contributed by atoms with Crippen LogP contribution in [0.5, 0.6) is 0 Å². The Bertz CT molecular complexity index is 748. The Kier molecular flexibility index (Phi) is 3.28. The fourth-order valence-corrected chi connectivity index (χ4v) is 2.37. The molecule has 3 heteroatoms. The van der Waals surface area contributed by atoms with Gasteiger partial charge >= 0.3 is 0 Å². The first-order valence-corrected chi connectivity index (χ1v) is 6.62. The van der Waals surface area contributed by atoms with E-state index in [1.54, 1.807) is 12.1 Å². The van der Waals surface area contributed by atoms with Crippen LogP contribution in [0.15, 0.2) is 52.9 Å². The molecule has 2 aromatic carbocycles. The molecule has 0 spiro atoms. The normalized spacial score (nSPS) is 12.8. The number of aryl methyl sites for hydroxylation is 1. The highest BCUT2D eigenvalue weighted by atomic mass is 19.1. The highest BCUT2D eigenvalue weighted by Gasteiger charge is 2.14. The lowest BCUT2D eigenvalue weighted by Gasteiger charge is -2.09. The molecular weight excluding hydrogens is 253 g/mol. The average Bonchev–Trinajstić information content (AvgIpc) is 2.84. The van der Waals surface area contributed by atoms with Gasteiger partial charge in [-0.1, -0.05) is 29.8 Å². The van der Waals surface area contributed by atoms with Crippen LogP contribution in [-0.2, 0) is 6.42 Å². The third-order valence-electron chi connectivity index (χ3n) is 3.45. The minimum Gasteiger partial charge on any atom is -0.459 e. The summed E-state index contributed by atoms with van der Waals surface area (Å²) in [4.78, 5) is 0. The predicted molar refractivity (Wildman–Crippen MR) is 78.0 cm³/mol. The molecule has 20 heavy (non-hydrogen) atoms. The molecule has 2 N–H and O–H groups in total. The second-order valence-electron chi connectivity index (χ2n) is 5.09. The SMILES string of the molecule is Cc1ccc2oc(C(N)Cc3ccccc3F)cc2c1. The van der Waals surface area contributed by atoms with Crippen molar-refractivity contribution in [3.05, 3.63) is 71.2 Å². The van der Waals surface area contributed by atoms with Crippen LogP contribution >= 0.6 is 0 Å². The highest BCUT2D eigenvalue weighted by molar-refractivity contribution is 5.78. The van der Waals surface area contributed by atoms with Gasteiger partial charge in [0.1, 0.15) is 17.2 Å². The van der Waals surface area contributed by atoms with Crippen molar-refractivity contribution < 1.29 is 8.81 Å². The van der Waals surface area contributed by atoms with Gasteiger partial charge in [0, 0.05) is 5.39 Å². The van der Waals surface area contributed by atoms with E-state index in [2.05, 4.69) is 6.07 Å². The van der Waals surface area contributed by atoms with Crippen LogP contribution in [0.1, 0.15) is 22.9 Å². The molecule has 0 aliphatic carbocycles. The van der Waals surface area contributed by atoms with Crippen molar-refractivity contribution in [3.63, 3.8) is 0 Å². The van der Waals surface area contributed by atoms with E-state index in [1.807, 2.05) is 31.2 Å². The highest BCUT2D eigenvalue weighted by Crippen LogP contribution is 2.26. The first-order chi connectivity index (χ1) is 9.63. The van der Waals surface area contributed by atoms with Crippen LogP contribution in [-0.4, -0.2) is 0 Å². The molecule has 1 unspecified atom stereocenters. The summed E-state index contributed by atoms with van der Waals surface area (Å²) in [7, 11) is 0. The number of hydrogen-bond acceptors (Lipinski definition) is 2. The smallest absolute Gasteiger partial charge is 0.134 e. The fraction of sp³-hybridized carbons (Fsp3) is 0.176. The maximum absolute atomic E-state index is 13.6. The second-order valence-corrected chi connectivity index (χ2v) is 5.09. The molecule has 0 aliphatic rings. The first-order valence-electron chi connectivity index (χ1n) is 6.62. The van der Waals surface area contributed by atoms with E-state index in [9.17, 15) is 4.39 Å². The maximum atomic E-state index is 13.6. The van der Waals surface area contributed by atoms with Crippen LogP contribution in [0, 0.1) is 12.7 Å². The van der Waals surface area contributed by atoms with Crippen LogP contribution in [0.3, 0.4) is 0 Å². The molecule has 3 aromatic rings. The van der Waals surface area contributed by atoms with Crippen molar-refractivity contribution in [2.75, 3.05) is 0 Å². The maximum Gasteiger partial charge on any atom is 0.134 e. The number of nitrogens with two attached hydrogens (primary N) is 1. The van der Waals surface area contributed by atoms with E-state index in [-0.39, 0.29) is 11.9 Å². The molecule has 1 atom stereocenters. The number of halogens is 1. The van der Waals surface area contributed by atoms with Crippen molar-refractivity contribution in [2.24, 2.45) is 5.73 Å². The molecule has 0 saturated heterocycles. The van der Waals surface area contributed by atoms with Crippen LogP contribution < -0.4 is 5.73 Å². The molecule has 0 bridgehead atoms. The van der Waals surface area contributed by atoms with E-state index < -0.39 is 0 Å². The molecule has 0 radical (unpaired) electrons. The quantitative estimate of drug-likeness (QED) is 0.776. The van der Waals surface area contributed by atoms with E-state index >= 15 is 0 Å². The van der Waals surface area contributed by atoms with Gasteiger partial charge in [0.25, 0.3) is 0 Å². The molecule has 2 nitrogen and oxygen atoms in total. The number of fused-ring (bicyclic) bond motifs is 1. The number of furan rings is 1. The summed E-state index contributed by atoms with van der Waals surface area (Å²) in [5, 5.41) is 1.03. The number of benzene rings is 2. The minimum absolute atomic E-state index is 0.227. The van der Waals surface area contributed by atoms with Gasteiger partial charge in [-0.2, -0.15) is 0 Å². The first kappa shape index (κ1) is 12.9. The van der Waals surface area contributed by atoms with E-state index in [4.69, 9.17) is 10.2 Å². The molecule has 0 saturated carbocycles. The monoisotopic (exact) mass is 269 g/mol. The zero-order valence-corrected chi connectivity index (χ0v) is 11.3. The molecule has 0 fully saturated rings. The second kappa shape index (κ2) is 5.10. The van der Waals surface area contributed by atoms with Crippen molar-refractivity contribution >= 4 is 11.0 Å². The Morgan fingerprint density at radius 1 is 1.15 bits per heavy atom. The molecular formula is C17H16FNO. The third kappa shape index (κ3) is 2.45. The van der Waals surface area contributed by atoms with Gasteiger partial charge < -0.3 is 10.2 Å². The van der Waals surface area contributed by atoms with Gasteiger partial charge in [0.05, 0.1) is 6.04 Å². The summed E-state index contributed by atoms with van der Waals surface area (Å²) in [5.41, 5.74) is 8.73. The summed E-state index contributed by atoms with van der Waals surface area (Å²) >= 11 is 0. The summed E-state index contributed by atoms with van der Waals surface area (Å²) in [5.74, 6) is 0.462. The summed E-state index contributed by atoms with van der Waals surface area (Å²) < 4.78 is 19.4. The lowest BCUT2D eigenvalue weighted by atomic mass is 10.0. The van der Waals surface area contributed by atoms with Gasteiger partial charge in [-0.05, 0) is 43.2 Å². The topological polar surface area (TPSA) is 39.2 Å². The lowest BCUT2D eigenvalue weighted by Crippen LogP contribution is -2.13. The van der Waals surface area contributed by atoms with E-state index in [0.717, 1.165) is 11.0 Å². The Morgan fingerprint density at radius 2 is 1.95 bits per heavy atom. The molecule has 1 heterocycles. The van der Waals surface area contributed by atoms with Gasteiger partial charge in [-0.25, -0.2) is 4.39 Å². The van der Waals surface area contributed by atoms with E-state index in [0.29, 0.717) is 17.7 Å². The number of hydrogen-bond donors (Lipinski definition) is 1. The van der Waals surface area contributed by atoms with Crippen molar-refractivity contribution in [1.82, 2.24) is 0 Å². The van der Waals surface area contributed by atoms with E-state index in [1.165, 1.54) is 11.6 Å². The minimum atomic E-state index is -0.348. The average molecular weight is 269 g/mol.